The standard InChI is InChI=1S/C19H20ClNO/c1-14-8-7-11-16(20)17(14)21-18(22)19(12-5-6-13-19)15-9-3-2-4-10-15/h2-4,7-11H,5-6,12-13H2,1H3,(H,21,22). The van der Waals surface area contributed by atoms with Gasteiger partial charge in [-0.25, -0.2) is 0 Å². The summed E-state index contributed by atoms with van der Waals surface area (Å²) in [5, 5.41) is 3.68. The van der Waals surface area contributed by atoms with Crippen LogP contribution in [-0.4, -0.2) is 5.91 Å². The van der Waals surface area contributed by atoms with Crippen molar-refractivity contribution in [2.45, 2.75) is 38.0 Å². The number of anilines is 1. The molecule has 2 aromatic carbocycles. The maximum Gasteiger partial charge on any atom is 0.235 e. The number of hydrogen-bond acceptors (Lipinski definition) is 1. The fraction of sp³-hybridized carbons (Fsp3) is 0.316. The number of carbonyl (C=O) groups excluding carboxylic acids is 1. The third kappa shape index (κ3) is 2.64. The van der Waals surface area contributed by atoms with Crippen molar-refractivity contribution in [1.29, 1.82) is 0 Å². The molecule has 3 heteroatoms. The van der Waals surface area contributed by atoms with E-state index in [0.717, 1.165) is 42.5 Å². The average Bonchev–Trinajstić information content (AvgIpc) is 3.03. The lowest BCUT2D eigenvalue weighted by Gasteiger charge is -2.29. The molecule has 0 atom stereocenters. The van der Waals surface area contributed by atoms with E-state index >= 15 is 0 Å². The molecule has 0 heterocycles. The highest BCUT2D eigenvalue weighted by Gasteiger charge is 2.42. The highest BCUT2D eigenvalue weighted by Crippen LogP contribution is 2.42. The summed E-state index contributed by atoms with van der Waals surface area (Å²) in [6.45, 7) is 1.96. The maximum absolute atomic E-state index is 13.1. The van der Waals surface area contributed by atoms with E-state index in [1.165, 1.54) is 0 Å². The highest BCUT2D eigenvalue weighted by molar-refractivity contribution is 6.34. The van der Waals surface area contributed by atoms with Crippen LogP contribution in [0.1, 0.15) is 36.8 Å². The minimum atomic E-state index is -0.424. The zero-order chi connectivity index (χ0) is 15.6. The summed E-state index contributed by atoms with van der Waals surface area (Å²) < 4.78 is 0. The predicted molar refractivity (Wildman–Crippen MR) is 91.4 cm³/mol. The molecule has 0 unspecified atom stereocenters. The molecule has 0 aliphatic heterocycles. The lowest BCUT2D eigenvalue weighted by atomic mass is 9.78. The third-order valence-electron chi connectivity index (χ3n) is 4.68. The van der Waals surface area contributed by atoms with Crippen LogP contribution in [0, 0.1) is 6.92 Å². The van der Waals surface area contributed by atoms with E-state index in [2.05, 4.69) is 17.4 Å². The molecule has 1 amide bonds. The van der Waals surface area contributed by atoms with Crippen molar-refractivity contribution in [2.24, 2.45) is 0 Å². The normalized spacial score (nSPS) is 16.5. The molecular weight excluding hydrogens is 294 g/mol. The minimum absolute atomic E-state index is 0.0624. The van der Waals surface area contributed by atoms with Crippen molar-refractivity contribution in [3.63, 3.8) is 0 Å². The Hall–Kier alpha value is -1.80. The monoisotopic (exact) mass is 313 g/mol. The van der Waals surface area contributed by atoms with Crippen molar-refractivity contribution in [3.05, 3.63) is 64.7 Å². The Morgan fingerprint density at radius 1 is 1.05 bits per heavy atom. The molecule has 1 aliphatic carbocycles. The van der Waals surface area contributed by atoms with Gasteiger partial charge in [0.15, 0.2) is 0 Å². The molecule has 22 heavy (non-hydrogen) atoms. The summed E-state index contributed by atoms with van der Waals surface area (Å²) in [5.74, 6) is 0.0624. The number of para-hydroxylation sites is 1. The smallest absolute Gasteiger partial charge is 0.235 e. The molecule has 0 aromatic heterocycles. The van der Waals surface area contributed by atoms with Gasteiger partial charge in [-0.3, -0.25) is 4.79 Å². The topological polar surface area (TPSA) is 29.1 Å². The molecule has 1 saturated carbocycles. The Morgan fingerprint density at radius 2 is 1.73 bits per heavy atom. The summed E-state index contributed by atoms with van der Waals surface area (Å²) in [6, 6.07) is 15.8. The molecule has 0 radical (unpaired) electrons. The van der Waals surface area contributed by atoms with Gasteiger partial charge in [-0.2, -0.15) is 0 Å². The van der Waals surface area contributed by atoms with Crippen molar-refractivity contribution in [3.8, 4) is 0 Å². The van der Waals surface area contributed by atoms with Crippen LogP contribution in [-0.2, 0) is 10.2 Å². The molecule has 0 bridgehead atoms. The van der Waals surface area contributed by atoms with Crippen molar-refractivity contribution >= 4 is 23.2 Å². The second-order valence-corrected chi connectivity index (χ2v) is 6.45. The molecular formula is C19H20ClNO. The highest BCUT2D eigenvalue weighted by atomic mass is 35.5. The molecule has 1 N–H and O–H groups in total. The summed E-state index contributed by atoms with van der Waals surface area (Å²) in [4.78, 5) is 13.1. The fourth-order valence-corrected chi connectivity index (χ4v) is 3.68. The van der Waals surface area contributed by atoms with Crippen LogP contribution in [0.15, 0.2) is 48.5 Å². The van der Waals surface area contributed by atoms with E-state index in [9.17, 15) is 4.79 Å². The molecule has 2 aromatic rings. The first-order valence-electron chi connectivity index (χ1n) is 7.75. The zero-order valence-corrected chi connectivity index (χ0v) is 13.5. The van der Waals surface area contributed by atoms with Crippen molar-refractivity contribution < 1.29 is 4.79 Å². The Morgan fingerprint density at radius 3 is 2.36 bits per heavy atom. The number of halogens is 1. The van der Waals surface area contributed by atoms with Crippen LogP contribution < -0.4 is 5.32 Å². The van der Waals surface area contributed by atoms with Gasteiger partial charge < -0.3 is 5.32 Å². The van der Waals surface area contributed by atoms with E-state index in [1.54, 1.807) is 0 Å². The molecule has 0 spiro atoms. The van der Waals surface area contributed by atoms with Gasteiger partial charge in [-0.1, -0.05) is 66.9 Å². The Balaban J connectivity index is 1.95. The number of nitrogens with one attached hydrogen (secondary N) is 1. The second kappa shape index (κ2) is 6.13. The first-order valence-corrected chi connectivity index (χ1v) is 8.13. The van der Waals surface area contributed by atoms with Gasteiger partial charge in [0.25, 0.3) is 0 Å². The van der Waals surface area contributed by atoms with E-state index in [0.29, 0.717) is 5.02 Å². The lowest BCUT2D eigenvalue weighted by molar-refractivity contribution is -0.121. The van der Waals surface area contributed by atoms with Crippen molar-refractivity contribution in [1.82, 2.24) is 0 Å². The summed E-state index contributed by atoms with van der Waals surface area (Å²) in [5.41, 5.74) is 2.40. The summed E-state index contributed by atoms with van der Waals surface area (Å²) >= 11 is 6.26. The van der Waals surface area contributed by atoms with Crippen LogP contribution in [0.3, 0.4) is 0 Å². The van der Waals surface area contributed by atoms with Gasteiger partial charge in [-0.15, -0.1) is 0 Å². The van der Waals surface area contributed by atoms with Gasteiger partial charge in [0.2, 0.25) is 5.91 Å². The number of carbonyl (C=O) groups is 1. The Kier molecular flexibility index (Phi) is 4.21. The van der Waals surface area contributed by atoms with Crippen LogP contribution in [0.25, 0.3) is 0 Å². The van der Waals surface area contributed by atoms with Crippen LogP contribution in [0.2, 0.25) is 5.02 Å². The van der Waals surface area contributed by atoms with E-state index in [-0.39, 0.29) is 5.91 Å². The first kappa shape index (κ1) is 15.1. The molecule has 0 saturated heterocycles. The van der Waals surface area contributed by atoms with Gasteiger partial charge in [0.1, 0.15) is 0 Å². The second-order valence-electron chi connectivity index (χ2n) is 6.04. The lowest BCUT2D eigenvalue weighted by Crippen LogP contribution is -2.38. The summed E-state index contributed by atoms with van der Waals surface area (Å²) in [6.07, 6.45) is 3.96. The van der Waals surface area contributed by atoms with Crippen molar-refractivity contribution in [2.75, 3.05) is 5.32 Å². The molecule has 1 fully saturated rings. The number of aryl methyl sites for hydroxylation is 1. The molecule has 114 valence electrons. The van der Waals surface area contributed by atoms with E-state index in [4.69, 9.17) is 11.6 Å². The molecule has 2 nitrogen and oxygen atoms in total. The maximum atomic E-state index is 13.1. The van der Waals surface area contributed by atoms with E-state index < -0.39 is 5.41 Å². The van der Waals surface area contributed by atoms with Crippen LogP contribution in [0.5, 0.6) is 0 Å². The zero-order valence-electron chi connectivity index (χ0n) is 12.7. The van der Waals surface area contributed by atoms with Gasteiger partial charge >= 0.3 is 0 Å². The van der Waals surface area contributed by atoms with Gasteiger partial charge in [0.05, 0.1) is 16.1 Å². The quantitative estimate of drug-likeness (QED) is 0.839. The Labute approximate surface area is 136 Å². The fourth-order valence-electron chi connectivity index (χ4n) is 3.41. The average molecular weight is 314 g/mol. The SMILES string of the molecule is Cc1cccc(Cl)c1NC(=O)C1(c2ccccc2)CCCC1. The third-order valence-corrected chi connectivity index (χ3v) is 4.99. The minimum Gasteiger partial charge on any atom is -0.324 e. The largest absolute Gasteiger partial charge is 0.324 e. The van der Waals surface area contributed by atoms with Crippen LogP contribution >= 0.6 is 11.6 Å². The molecule has 1 aliphatic rings. The number of amides is 1. The van der Waals surface area contributed by atoms with Crippen LogP contribution in [0.4, 0.5) is 5.69 Å². The van der Waals surface area contributed by atoms with Gasteiger partial charge in [-0.05, 0) is 37.0 Å². The number of benzene rings is 2. The molecule has 3 rings (SSSR count). The summed E-state index contributed by atoms with van der Waals surface area (Å²) in [7, 11) is 0. The number of hydrogen-bond donors (Lipinski definition) is 1. The Bertz CT molecular complexity index is 655. The number of rotatable bonds is 3. The van der Waals surface area contributed by atoms with E-state index in [1.807, 2.05) is 43.3 Å². The van der Waals surface area contributed by atoms with Gasteiger partial charge in [0, 0.05) is 0 Å². The first-order chi connectivity index (χ1) is 10.6. The predicted octanol–water partition coefficient (Wildman–Crippen LogP) is 5.10.